The maximum absolute atomic E-state index is 3.46. The van der Waals surface area contributed by atoms with Crippen LogP contribution in [0.5, 0.6) is 0 Å². The molecule has 2 aliphatic carbocycles. The zero-order chi connectivity index (χ0) is 10.8. The van der Waals surface area contributed by atoms with E-state index in [4.69, 9.17) is 0 Å². The van der Waals surface area contributed by atoms with Crippen LogP contribution in [0.3, 0.4) is 0 Å². The van der Waals surface area contributed by atoms with Crippen molar-refractivity contribution in [3.05, 3.63) is 0 Å². The Morgan fingerprint density at radius 1 is 0.400 bits per heavy atom. The molecule has 0 aromatic carbocycles. The van der Waals surface area contributed by atoms with Crippen molar-refractivity contribution in [2.24, 2.45) is 0 Å². The molecule has 4 nitrogen and oxygen atoms in total. The summed E-state index contributed by atoms with van der Waals surface area (Å²) in [5.74, 6) is 0. The summed E-state index contributed by atoms with van der Waals surface area (Å²) in [6.45, 7) is 4.67. The van der Waals surface area contributed by atoms with E-state index in [0.29, 0.717) is 0 Å². The standard InChI is InChI=1S/2C6H12N2.4BrH/c2*1-2-6-5(1)7-3-4-8-6;;;;/h2*5-8H,1-4H2;4*1H/t2*5-,6-;;;;/m10..../s1. The van der Waals surface area contributed by atoms with Gasteiger partial charge in [-0.2, -0.15) is 0 Å². The number of hydrogen-bond donors (Lipinski definition) is 4. The Bertz CT molecular complexity index is 199. The lowest BCUT2D eigenvalue weighted by Crippen LogP contribution is -2.61. The van der Waals surface area contributed by atoms with Crippen LogP contribution in [0.15, 0.2) is 0 Å². The Hall–Kier alpha value is 1.76. The monoisotopic (exact) mass is 544 g/mol. The minimum atomic E-state index is 0. The van der Waals surface area contributed by atoms with E-state index in [-0.39, 0.29) is 67.9 Å². The van der Waals surface area contributed by atoms with E-state index >= 15 is 0 Å². The van der Waals surface area contributed by atoms with Crippen molar-refractivity contribution in [2.75, 3.05) is 26.2 Å². The van der Waals surface area contributed by atoms with Crippen LogP contribution >= 0.6 is 67.9 Å². The minimum Gasteiger partial charge on any atom is -0.311 e. The van der Waals surface area contributed by atoms with E-state index in [1.165, 1.54) is 51.9 Å². The maximum atomic E-state index is 3.46. The number of fused-ring (bicyclic) bond motifs is 2. The van der Waals surface area contributed by atoms with Crippen molar-refractivity contribution in [1.29, 1.82) is 0 Å². The number of halogens is 4. The Morgan fingerprint density at radius 2 is 0.600 bits per heavy atom. The average Bonchev–Trinajstić information content (AvgIpc) is 2.23. The summed E-state index contributed by atoms with van der Waals surface area (Å²) in [4.78, 5) is 0. The molecule has 20 heavy (non-hydrogen) atoms. The first-order chi connectivity index (χ1) is 7.93. The zero-order valence-corrected chi connectivity index (χ0v) is 18.5. The summed E-state index contributed by atoms with van der Waals surface area (Å²) < 4.78 is 0. The van der Waals surface area contributed by atoms with Gasteiger partial charge >= 0.3 is 0 Å². The van der Waals surface area contributed by atoms with Gasteiger partial charge in [-0.3, -0.25) is 0 Å². The summed E-state index contributed by atoms with van der Waals surface area (Å²) in [7, 11) is 0. The van der Waals surface area contributed by atoms with Crippen LogP contribution in [0.4, 0.5) is 0 Å². The molecule has 0 aromatic heterocycles. The van der Waals surface area contributed by atoms with Gasteiger partial charge in [0.2, 0.25) is 0 Å². The molecule has 0 radical (unpaired) electrons. The van der Waals surface area contributed by atoms with Crippen molar-refractivity contribution in [1.82, 2.24) is 21.3 Å². The molecule has 2 saturated heterocycles. The molecular formula is C12H28Br4N4. The third-order valence-corrected chi connectivity index (χ3v) is 4.42. The van der Waals surface area contributed by atoms with Gasteiger partial charge in [0.1, 0.15) is 0 Å². The van der Waals surface area contributed by atoms with Crippen LogP contribution in [0.25, 0.3) is 0 Å². The molecular weight excluding hydrogens is 520 g/mol. The molecule has 0 amide bonds. The van der Waals surface area contributed by atoms with Gasteiger partial charge < -0.3 is 21.3 Å². The van der Waals surface area contributed by atoms with Gasteiger partial charge in [0, 0.05) is 50.3 Å². The normalized spacial score (nSPS) is 36.0. The first kappa shape index (κ1) is 24.0. The molecule has 0 bridgehead atoms. The second-order valence-corrected chi connectivity index (χ2v) is 5.40. The quantitative estimate of drug-likeness (QED) is 0.373. The third-order valence-electron chi connectivity index (χ3n) is 4.42. The van der Waals surface area contributed by atoms with Crippen LogP contribution < -0.4 is 21.3 Å². The predicted molar refractivity (Wildman–Crippen MR) is 107 cm³/mol. The minimum absolute atomic E-state index is 0. The van der Waals surface area contributed by atoms with Crippen molar-refractivity contribution >= 4 is 67.9 Å². The topological polar surface area (TPSA) is 48.1 Å². The second kappa shape index (κ2) is 12.2. The fourth-order valence-corrected chi connectivity index (χ4v) is 3.01. The molecule has 0 unspecified atom stereocenters. The molecule has 2 aliphatic heterocycles. The fourth-order valence-electron chi connectivity index (χ4n) is 3.01. The van der Waals surface area contributed by atoms with Crippen molar-refractivity contribution in [3.63, 3.8) is 0 Å². The third kappa shape index (κ3) is 6.10. The smallest absolute Gasteiger partial charge is 0.0222 e. The number of piperazine rings is 2. The molecule has 2 saturated carbocycles. The van der Waals surface area contributed by atoms with Crippen LogP contribution in [0.1, 0.15) is 25.7 Å². The largest absolute Gasteiger partial charge is 0.311 e. The highest BCUT2D eigenvalue weighted by Gasteiger charge is 2.32. The summed E-state index contributed by atoms with van der Waals surface area (Å²) in [5.41, 5.74) is 0. The Kier molecular flexibility index (Phi) is 14.7. The molecule has 4 rings (SSSR count). The van der Waals surface area contributed by atoms with E-state index in [2.05, 4.69) is 21.3 Å². The first-order valence-corrected chi connectivity index (χ1v) is 6.87. The summed E-state index contributed by atoms with van der Waals surface area (Å²) in [6.07, 6.45) is 5.55. The van der Waals surface area contributed by atoms with E-state index in [1.807, 2.05) is 0 Å². The Morgan fingerprint density at radius 3 is 0.700 bits per heavy atom. The van der Waals surface area contributed by atoms with Crippen LogP contribution in [-0.2, 0) is 0 Å². The first-order valence-electron chi connectivity index (χ1n) is 6.87. The lowest BCUT2D eigenvalue weighted by atomic mass is 9.85. The highest BCUT2D eigenvalue weighted by molar-refractivity contribution is 8.93. The van der Waals surface area contributed by atoms with Gasteiger partial charge in [-0.1, -0.05) is 0 Å². The average molecular weight is 548 g/mol. The molecule has 8 heteroatoms. The van der Waals surface area contributed by atoms with Crippen molar-refractivity contribution in [2.45, 2.75) is 49.9 Å². The van der Waals surface area contributed by atoms with E-state index < -0.39 is 0 Å². The van der Waals surface area contributed by atoms with Crippen LogP contribution in [-0.4, -0.2) is 50.3 Å². The lowest BCUT2D eigenvalue weighted by molar-refractivity contribution is 0.206. The number of rotatable bonds is 0. The lowest BCUT2D eigenvalue weighted by Gasteiger charge is -2.41. The van der Waals surface area contributed by atoms with Crippen LogP contribution in [0.2, 0.25) is 0 Å². The van der Waals surface area contributed by atoms with Gasteiger partial charge in [-0.25, -0.2) is 0 Å². The van der Waals surface area contributed by atoms with Gasteiger partial charge in [0.05, 0.1) is 0 Å². The van der Waals surface area contributed by atoms with E-state index in [9.17, 15) is 0 Å². The van der Waals surface area contributed by atoms with Gasteiger partial charge in [0.25, 0.3) is 0 Å². The Balaban J connectivity index is 0. The summed E-state index contributed by atoms with van der Waals surface area (Å²) in [6, 6.07) is 3.29. The summed E-state index contributed by atoms with van der Waals surface area (Å²) >= 11 is 0. The maximum Gasteiger partial charge on any atom is 0.0222 e. The molecule has 0 spiro atoms. The molecule has 4 fully saturated rings. The van der Waals surface area contributed by atoms with Gasteiger partial charge in [0.15, 0.2) is 0 Å². The molecule has 4 aliphatic rings. The number of nitrogens with one attached hydrogen (secondary N) is 4. The van der Waals surface area contributed by atoms with Gasteiger partial charge in [-0.15, -0.1) is 67.9 Å². The molecule has 0 aromatic rings. The van der Waals surface area contributed by atoms with Crippen molar-refractivity contribution < 1.29 is 0 Å². The van der Waals surface area contributed by atoms with Crippen LogP contribution in [0, 0.1) is 0 Å². The molecule has 4 atom stereocenters. The van der Waals surface area contributed by atoms with Crippen molar-refractivity contribution in [3.8, 4) is 0 Å². The van der Waals surface area contributed by atoms with E-state index in [1.54, 1.807) is 0 Å². The predicted octanol–water partition coefficient (Wildman–Crippen LogP) is 1.73. The SMILES string of the molecule is Br.Br.Br.Br.C1CN[C@@H]2CC[C@H]2N1.C1CN[C@H]2CC[C@@H]2N1. The highest BCUT2D eigenvalue weighted by Crippen LogP contribution is 2.21. The highest BCUT2D eigenvalue weighted by atomic mass is 79.9. The molecule has 124 valence electrons. The Labute approximate surface area is 164 Å². The van der Waals surface area contributed by atoms with E-state index in [0.717, 1.165) is 24.2 Å². The fraction of sp³-hybridized carbons (Fsp3) is 1.00. The molecule has 4 N–H and O–H groups in total. The number of hydrogen-bond acceptors (Lipinski definition) is 4. The summed E-state index contributed by atoms with van der Waals surface area (Å²) in [5, 5.41) is 13.8. The zero-order valence-electron chi connectivity index (χ0n) is 11.6. The second-order valence-electron chi connectivity index (χ2n) is 5.40. The van der Waals surface area contributed by atoms with Gasteiger partial charge in [-0.05, 0) is 25.7 Å². The molecule has 2 heterocycles.